The second-order valence-corrected chi connectivity index (χ2v) is 10.5. The number of alkyl halides is 6. The fraction of sp³-hybridized carbons (Fsp3) is 0.348. The molecule has 1 amide bonds. The van der Waals surface area contributed by atoms with Gasteiger partial charge in [0.05, 0.1) is 49.5 Å². The van der Waals surface area contributed by atoms with Crippen LogP contribution in [0.15, 0.2) is 53.3 Å². The molecule has 0 bridgehead atoms. The Kier molecular flexibility index (Phi) is 8.47. The lowest BCUT2D eigenvalue weighted by Crippen LogP contribution is -2.57. The molecule has 18 heteroatoms. The van der Waals surface area contributed by atoms with E-state index in [-0.39, 0.29) is 41.6 Å². The van der Waals surface area contributed by atoms with Crippen LogP contribution in [0.25, 0.3) is 0 Å². The van der Waals surface area contributed by atoms with E-state index in [2.05, 4.69) is 15.4 Å². The molecular formula is C23H22F6N5O6P. The van der Waals surface area contributed by atoms with Gasteiger partial charge in [-0.15, -0.1) is 9.55 Å². The molecule has 0 unspecified atom stereocenters. The molecule has 4 N–H and O–H groups in total. The van der Waals surface area contributed by atoms with E-state index in [0.29, 0.717) is 17.7 Å². The van der Waals surface area contributed by atoms with Crippen molar-refractivity contribution in [1.29, 1.82) is 0 Å². The van der Waals surface area contributed by atoms with Crippen LogP contribution >= 0.6 is 7.75 Å². The normalized spacial score (nSPS) is 18.9. The van der Waals surface area contributed by atoms with Crippen LogP contribution in [0.3, 0.4) is 0 Å². The maximum absolute atomic E-state index is 13.2. The van der Waals surface area contributed by atoms with Crippen LogP contribution in [0.4, 0.5) is 26.3 Å². The summed E-state index contributed by atoms with van der Waals surface area (Å²) in [5.74, 6) is -0.696. The minimum absolute atomic E-state index is 0.00623. The second kappa shape index (κ2) is 11.4. The average Bonchev–Trinajstić information content (AvgIpc) is 3.23. The molecule has 3 aromatic rings. The van der Waals surface area contributed by atoms with Crippen molar-refractivity contribution < 1.29 is 50.2 Å². The van der Waals surface area contributed by atoms with Gasteiger partial charge in [0.2, 0.25) is 5.91 Å². The van der Waals surface area contributed by atoms with Gasteiger partial charge in [-0.2, -0.15) is 26.3 Å². The van der Waals surface area contributed by atoms with E-state index in [9.17, 15) is 50.3 Å². The maximum atomic E-state index is 13.2. The fourth-order valence-corrected chi connectivity index (χ4v) is 4.96. The molecule has 41 heavy (non-hydrogen) atoms. The Morgan fingerprint density at radius 1 is 1.00 bits per heavy atom. The Hall–Kier alpha value is -3.50. The van der Waals surface area contributed by atoms with Crippen LogP contribution in [-0.4, -0.2) is 54.3 Å². The van der Waals surface area contributed by atoms with E-state index in [1.807, 2.05) is 0 Å². The number of H-pyrrole nitrogens is 1. The summed E-state index contributed by atoms with van der Waals surface area (Å²) in [5, 5.41) is 6.30. The molecule has 4 rings (SSSR count). The molecule has 1 aliphatic rings. The zero-order valence-electron chi connectivity index (χ0n) is 20.7. The summed E-state index contributed by atoms with van der Waals surface area (Å²) in [6, 6.07) is 8.00. The van der Waals surface area contributed by atoms with E-state index in [1.54, 1.807) is 30.3 Å². The molecule has 1 aromatic heterocycles. The zero-order chi connectivity index (χ0) is 30.2. The Balaban J connectivity index is 1.58. The number of carbonyl (C=O) groups is 1. The average molecular weight is 609 g/mol. The predicted molar refractivity (Wildman–Crippen MR) is 128 cm³/mol. The van der Waals surface area contributed by atoms with Gasteiger partial charge in [-0.3, -0.25) is 14.7 Å². The van der Waals surface area contributed by atoms with Gasteiger partial charge in [0.25, 0.3) is 0 Å². The van der Waals surface area contributed by atoms with Gasteiger partial charge in [-0.25, -0.2) is 9.36 Å². The van der Waals surface area contributed by atoms with Crippen molar-refractivity contribution in [3.8, 4) is 0 Å². The number of carbonyl (C=O) groups excluding carboxylic acids is 1. The number of aromatic nitrogens is 3. The quantitative estimate of drug-likeness (QED) is 0.225. The van der Waals surface area contributed by atoms with E-state index < -0.39 is 61.5 Å². The summed E-state index contributed by atoms with van der Waals surface area (Å²) in [6.45, 7) is -1.48. The van der Waals surface area contributed by atoms with E-state index in [0.717, 1.165) is 0 Å². The lowest BCUT2D eigenvalue weighted by molar-refractivity contribution is -0.143. The lowest BCUT2D eigenvalue weighted by atomic mass is 9.95. The van der Waals surface area contributed by atoms with Gasteiger partial charge in [0, 0.05) is 0 Å². The van der Waals surface area contributed by atoms with Crippen LogP contribution < -0.4 is 11.0 Å². The molecule has 0 aliphatic carbocycles. The summed E-state index contributed by atoms with van der Waals surface area (Å²) in [7, 11) is -5.06. The van der Waals surface area contributed by atoms with Gasteiger partial charge in [-0.05, 0) is 29.3 Å². The number of nitrogens with zero attached hydrogens (tertiary/aromatic N) is 3. The largest absolute Gasteiger partial charge is 0.454 e. The lowest BCUT2D eigenvalue weighted by Gasteiger charge is -2.41. The number of amides is 1. The highest BCUT2D eigenvalue weighted by Gasteiger charge is 2.38. The Morgan fingerprint density at radius 2 is 1.61 bits per heavy atom. The van der Waals surface area contributed by atoms with Crippen molar-refractivity contribution in [3.05, 3.63) is 87.1 Å². The summed E-state index contributed by atoms with van der Waals surface area (Å²) in [4.78, 5) is 46.8. The smallest absolute Gasteiger partial charge is 0.375 e. The number of halogens is 6. The number of aromatic amines is 1. The highest BCUT2D eigenvalue weighted by molar-refractivity contribution is 7.49. The van der Waals surface area contributed by atoms with Crippen molar-refractivity contribution in [3.63, 3.8) is 0 Å². The van der Waals surface area contributed by atoms with Gasteiger partial charge in [0.15, 0.2) is 0 Å². The predicted octanol–water partition coefficient (Wildman–Crippen LogP) is 2.81. The molecular weight excluding hydrogens is 587 g/mol. The molecule has 1 aliphatic heterocycles. The van der Waals surface area contributed by atoms with Crippen molar-refractivity contribution >= 4 is 13.7 Å². The third-order valence-corrected chi connectivity index (χ3v) is 6.83. The molecule has 222 valence electrons. The molecule has 0 saturated carbocycles. The summed E-state index contributed by atoms with van der Waals surface area (Å²) < 4.78 is 96.2. The van der Waals surface area contributed by atoms with Crippen molar-refractivity contribution in [2.75, 3.05) is 13.2 Å². The third kappa shape index (κ3) is 7.42. The van der Waals surface area contributed by atoms with Gasteiger partial charge in [-0.1, -0.05) is 30.3 Å². The number of ether oxygens (including phenoxy) is 1. The van der Waals surface area contributed by atoms with E-state index in [4.69, 9.17) is 4.74 Å². The van der Waals surface area contributed by atoms with Crippen molar-refractivity contribution in [1.82, 2.24) is 24.8 Å². The maximum Gasteiger partial charge on any atom is 0.454 e. The molecule has 1 fully saturated rings. The number of nitrogens with one attached hydrogen (secondary N) is 2. The summed E-state index contributed by atoms with van der Waals surface area (Å²) >= 11 is 0. The highest BCUT2D eigenvalue weighted by atomic mass is 31.2. The first-order valence-electron chi connectivity index (χ1n) is 11.7. The number of rotatable bonds is 8. The molecule has 0 radical (unpaired) electrons. The first kappa shape index (κ1) is 30.5. The molecule has 2 atom stereocenters. The van der Waals surface area contributed by atoms with Crippen LogP contribution in [0.5, 0.6) is 0 Å². The van der Waals surface area contributed by atoms with Gasteiger partial charge < -0.3 is 19.8 Å². The number of hydrogen-bond donors (Lipinski definition) is 4. The summed E-state index contributed by atoms with van der Waals surface area (Å²) in [6.07, 6.45) is -10.1. The monoisotopic (exact) mass is 609 g/mol. The molecule has 2 aromatic carbocycles. The van der Waals surface area contributed by atoms with Gasteiger partial charge >= 0.3 is 25.8 Å². The zero-order valence-corrected chi connectivity index (χ0v) is 21.6. The van der Waals surface area contributed by atoms with Crippen molar-refractivity contribution in [2.24, 2.45) is 0 Å². The first-order chi connectivity index (χ1) is 19.0. The molecule has 0 spiro atoms. The SMILES string of the molecule is O=C1CN(Cc2nn(P(=O)(O)O)c(=O)[nH]2)[C@@H](c2ccccc2)[C@@H](COCc2cc(C(F)(F)F)cc(C(F)(F)F)c2)N1. The van der Waals surface area contributed by atoms with Crippen LogP contribution in [0, 0.1) is 0 Å². The number of benzene rings is 2. The molecule has 11 nitrogen and oxygen atoms in total. The minimum Gasteiger partial charge on any atom is -0.375 e. The van der Waals surface area contributed by atoms with E-state index in [1.165, 1.54) is 4.90 Å². The minimum atomic E-state index is -5.06. The molecule has 2 heterocycles. The Morgan fingerprint density at radius 3 is 2.15 bits per heavy atom. The first-order valence-corrected chi connectivity index (χ1v) is 13.3. The van der Waals surface area contributed by atoms with Crippen molar-refractivity contribution in [2.45, 2.75) is 37.6 Å². The van der Waals surface area contributed by atoms with Gasteiger partial charge in [0.1, 0.15) is 5.82 Å². The van der Waals surface area contributed by atoms with Crippen LogP contribution in [-0.2, 0) is 39.6 Å². The Bertz CT molecular complexity index is 1470. The third-order valence-electron chi connectivity index (χ3n) is 6.07. The van der Waals surface area contributed by atoms with E-state index >= 15 is 0 Å². The fourth-order valence-electron chi connectivity index (χ4n) is 4.45. The number of hydrogen-bond acceptors (Lipinski definition) is 6. The van der Waals surface area contributed by atoms with Crippen LogP contribution in [0.2, 0.25) is 0 Å². The standard InChI is InChI=1S/C23H22F6N5O6P/c24-22(25,26)15-6-13(7-16(8-15)23(27,28)29)11-40-12-17-20(14-4-2-1-3-5-14)33(10-19(35)30-17)9-18-31-21(36)34(32-18)41(37,38)39/h1-8,17,20H,9-12H2,(H,30,35)(H,31,32,36)(H2,37,38,39)/t17-,20+/m1/s1. The number of piperazine rings is 1. The Labute approximate surface area is 226 Å². The molecule has 1 saturated heterocycles. The van der Waals surface area contributed by atoms with Crippen LogP contribution in [0.1, 0.15) is 34.1 Å². The summed E-state index contributed by atoms with van der Waals surface area (Å²) in [5.41, 5.74) is -3.92. The highest BCUT2D eigenvalue weighted by Crippen LogP contribution is 2.37. The second-order valence-electron chi connectivity index (χ2n) is 9.14. The topological polar surface area (TPSA) is 150 Å².